The van der Waals surface area contributed by atoms with Crippen LogP contribution in [-0.2, 0) is 0 Å². The molecule has 10 heteroatoms. The topological polar surface area (TPSA) is 117 Å². The molecule has 0 bridgehead atoms. The summed E-state index contributed by atoms with van der Waals surface area (Å²) in [4.78, 5) is 13.0. The Balaban J connectivity index is 1.54. The molecular formula is C19H16FN7O2. The van der Waals surface area contributed by atoms with Crippen molar-refractivity contribution in [3.8, 4) is 17.1 Å². The zero-order valence-corrected chi connectivity index (χ0v) is 15.1. The number of para-hydroxylation sites is 1. The van der Waals surface area contributed by atoms with Crippen LogP contribution in [0.15, 0.2) is 49.2 Å². The molecule has 3 N–H and O–H groups in total. The predicted molar refractivity (Wildman–Crippen MR) is 102 cm³/mol. The third kappa shape index (κ3) is 3.04. The van der Waals surface area contributed by atoms with Crippen molar-refractivity contribution in [3.63, 3.8) is 0 Å². The van der Waals surface area contributed by atoms with Crippen molar-refractivity contribution in [3.05, 3.63) is 65.8 Å². The molecule has 0 saturated carbocycles. The van der Waals surface area contributed by atoms with Crippen molar-refractivity contribution in [1.82, 2.24) is 24.6 Å². The molecule has 1 aromatic carbocycles. The molecule has 1 aliphatic heterocycles. The Morgan fingerprint density at radius 2 is 2.21 bits per heavy atom. The lowest BCUT2D eigenvalue weighted by Crippen LogP contribution is -2.70. The van der Waals surface area contributed by atoms with Crippen LogP contribution in [0.2, 0.25) is 0 Å². The zero-order chi connectivity index (χ0) is 19.8. The number of benzene rings is 1. The van der Waals surface area contributed by atoms with E-state index in [9.17, 15) is 9.60 Å². The summed E-state index contributed by atoms with van der Waals surface area (Å²) in [5.41, 5.74) is 3.13. The summed E-state index contributed by atoms with van der Waals surface area (Å²) < 4.78 is 21.2. The molecule has 1 aliphatic rings. The number of nitrogens with zero attached hydrogens (tertiary/aromatic N) is 5. The Bertz CT molecular complexity index is 1200. The quantitative estimate of drug-likeness (QED) is 0.509. The Hall–Kier alpha value is -3.63. The lowest BCUT2D eigenvalue weighted by molar-refractivity contribution is -0.496. The summed E-state index contributed by atoms with van der Waals surface area (Å²) in [6, 6.07) is 4.55. The maximum absolute atomic E-state index is 14.1. The van der Waals surface area contributed by atoms with E-state index in [0.717, 1.165) is 5.52 Å². The first-order chi connectivity index (χ1) is 14.2. The molecule has 4 aromatic rings. The summed E-state index contributed by atoms with van der Waals surface area (Å²) in [5, 5.41) is 19.1. The maximum atomic E-state index is 14.1. The lowest BCUT2D eigenvalue weighted by atomic mass is 10.0. The van der Waals surface area contributed by atoms with Gasteiger partial charge in [0.15, 0.2) is 28.9 Å². The van der Waals surface area contributed by atoms with Gasteiger partial charge < -0.3 is 20.7 Å². The van der Waals surface area contributed by atoms with Crippen molar-refractivity contribution >= 4 is 17.0 Å². The Morgan fingerprint density at radius 1 is 1.28 bits per heavy atom. The van der Waals surface area contributed by atoms with E-state index in [4.69, 9.17) is 4.74 Å². The molecule has 0 radical (unpaired) electrons. The molecule has 29 heavy (non-hydrogen) atoms. The largest absolute Gasteiger partial charge is 0.630 e. The second-order valence-electron chi connectivity index (χ2n) is 6.57. The summed E-state index contributed by atoms with van der Waals surface area (Å²) >= 11 is 0. The van der Waals surface area contributed by atoms with Gasteiger partial charge in [-0.15, -0.1) is 0 Å². The number of hydrogen-bond donors (Lipinski definition) is 2. The van der Waals surface area contributed by atoms with Crippen molar-refractivity contribution in [2.24, 2.45) is 0 Å². The van der Waals surface area contributed by atoms with Crippen molar-refractivity contribution in [1.29, 1.82) is 0 Å². The first kappa shape index (κ1) is 17.5. The number of hydrogen-bond acceptors (Lipinski definition) is 7. The van der Waals surface area contributed by atoms with Crippen molar-refractivity contribution in [2.45, 2.75) is 12.5 Å². The van der Waals surface area contributed by atoms with Gasteiger partial charge in [0, 0.05) is 24.4 Å². The third-order valence-electron chi connectivity index (χ3n) is 4.85. The van der Waals surface area contributed by atoms with E-state index >= 15 is 0 Å². The molecular weight excluding hydrogens is 377 g/mol. The summed E-state index contributed by atoms with van der Waals surface area (Å²) in [6.45, 7) is 0.361. The summed E-state index contributed by atoms with van der Waals surface area (Å²) in [6.07, 6.45) is 8.75. The highest BCUT2D eigenvalue weighted by molar-refractivity contribution is 5.76. The van der Waals surface area contributed by atoms with Crippen LogP contribution in [0.25, 0.3) is 16.9 Å². The molecule has 0 aliphatic carbocycles. The number of nitrogens with two attached hydrogens (primary N) is 1. The normalized spacial score (nSPS) is 15.7. The van der Waals surface area contributed by atoms with E-state index in [1.54, 1.807) is 41.4 Å². The van der Waals surface area contributed by atoms with Crippen LogP contribution < -0.4 is 15.5 Å². The fourth-order valence-corrected chi connectivity index (χ4v) is 3.43. The van der Waals surface area contributed by atoms with Crippen LogP contribution in [0.1, 0.15) is 18.0 Å². The highest BCUT2D eigenvalue weighted by Gasteiger charge is 2.26. The standard InChI is InChI=1S/C19H16FN7O2/c20-13-3-1-2-11-14(4-7-29-17(11)13)24-19-15(26-28)9-22-18(25-19)12-8-23-27-6-5-21-10-16(12)27/h1-3,5-6,8-10,14H,4,7,26H2,(H,22,24,25)/t14-/m1/s1. The average molecular weight is 393 g/mol. The predicted octanol–water partition coefficient (Wildman–Crippen LogP) is 1.95. The lowest BCUT2D eigenvalue weighted by Gasteiger charge is -2.27. The van der Waals surface area contributed by atoms with E-state index in [0.29, 0.717) is 47.0 Å². The number of fused-ring (bicyclic) bond motifs is 2. The summed E-state index contributed by atoms with van der Waals surface area (Å²) in [5.74, 6) is 0.599. The number of aromatic nitrogens is 5. The van der Waals surface area contributed by atoms with Crippen LogP contribution >= 0.6 is 0 Å². The minimum atomic E-state index is -0.410. The molecule has 0 fully saturated rings. The van der Waals surface area contributed by atoms with Gasteiger partial charge in [-0.3, -0.25) is 4.98 Å². The van der Waals surface area contributed by atoms with Crippen LogP contribution in [-0.4, -0.2) is 31.2 Å². The molecule has 4 heterocycles. The summed E-state index contributed by atoms with van der Waals surface area (Å²) in [7, 11) is 0. The molecule has 0 spiro atoms. The van der Waals surface area contributed by atoms with E-state index in [2.05, 4.69) is 25.4 Å². The van der Waals surface area contributed by atoms with Crippen LogP contribution in [0.3, 0.4) is 0 Å². The zero-order valence-electron chi connectivity index (χ0n) is 15.1. The molecule has 0 amide bonds. The Labute approximate surface area is 164 Å². The smallest absolute Gasteiger partial charge is 0.192 e. The molecule has 3 aromatic heterocycles. The second-order valence-corrected chi connectivity index (χ2v) is 6.57. The Morgan fingerprint density at radius 3 is 3.10 bits per heavy atom. The number of ether oxygens (including phenoxy) is 1. The van der Waals surface area contributed by atoms with E-state index in [1.807, 2.05) is 0 Å². The molecule has 5 rings (SSSR count). The highest BCUT2D eigenvalue weighted by atomic mass is 19.1. The minimum absolute atomic E-state index is 0.229. The first-order valence-corrected chi connectivity index (χ1v) is 9.02. The number of anilines is 1. The first-order valence-electron chi connectivity index (χ1n) is 9.02. The molecule has 0 unspecified atom stereocenters. The van der Waals surface area contributed by atoms with Crippen molar-refractivity contribution in [2.75, 3.05) is 11.9 Å². The van der Waals surface area contributed by atoms with Gasteiger partial charge in [0.05, 0.1) is 42.3 Å². The van der Waals surface area contributed by atoms with Crippen molar-refractivity contribution < 1.29 is 14.6 Å². The maximum Gasteiger partial charge on any atom is 0.192 e. The SMILES string of the molecule is [O-][NH2+]c1cnc(-c2cnn3ccncc23)nc1N[C@@H]1CCOc2c(F)cccc21. The molecule has 0 saturated heterocycles. The molecule has 1 atom stereocenters. The number of rotatable bonds is 4. The van der Waals surface area contributed by atoms with Crippen LogP contribution in [0, 0.1) is 11.0 Å². The fourth-order valence-electron chi connectivity index (χ4n) is 3.43. The van der Waals surface area contributed by atoms with Gasteiger partial charge in [-0.2, -0.15) is 5.10 Å². The van der Waals surface area contributed by atoms with E-state index < -0.39 is 5.82 Å². The fraction of sp³-hybridized carbons (Fsp3) is 0.158. The number of quaternary nitrogens is 1. The van der Waals surface area contributed by atoms with Gasteiger partial charge in [-0.25, -0.2) is 18.9 Å². The van der Waals surface area contributed by atoms with Crippen LogP contribution in [0.5, 0.6) is 5.75 Å². The van der Waals surface area contributed by atoms with E-state index in [1.165, 1.54) is 12.3 Å². The monoisotopic (exact) mass is 393 g/mol. The van der Waals surface area contributed by atoms with Gasteiger partial charge in [0.25, 0.3) is 0 Å². The third-order valence-corrected chi connectivity index (χ3v) is 4.85. The molecule has 9 nitrogen and oxygen atoms in total. The molecule has 146 valence electrons. The van der Waals surface area contributed by atoms with Crippen LogP contribution in [0.4, 0.5) is 15.9 Å². The van der Waals surface area contributed by atoms with Gasteiger partial charge in [0.2, 0.25) is 0 Å². The minimum Gasteiger partial charge on any atom is -0.630 e. The van der Waals surface area contributed by atoms with Gasteiger partial charge in [-0.05, 0) is 6.07 Å². The number of halogens is 1. The van der Waals surface area contributed by atoms with Gasteiger partial charge in [-0.1, -0.05) is 12.1 Å². The van der Waals surface area contributed by atoms with E-state index in [-0.39, 0.29) is 11.8 Å². The number of nitrogens with one attached hydrogen (secondary N) is 1. The van der Waals surface area contributed by atoms with Gasteiger partial charge in [0.1, 0.15) is 0 Å². The average Bonchev–Trinajstić information content (AvgIpc) is 3.19. The Kier molecular flexibility index (Phi) is 4.26. The highest BCUT2D eigenvalue weighted by Crippen LogP contribution is 2.36. The second kappa shape index (κ2) is 7.08. The van der Waals surface area contributed by atoms with Gasteiger partial charge >= 0.3 is 0 Å².